The van der Waals surface area contributed by atoms with Crippen LogP contribution in [0.2, 0.25) is 0 Å². The highest BCUT2D eigenvalue weighted by Crippen LogP contribution is 2.41. The van der Waals surface area contributed by atoms with E-state index in [4.69, 9.17) is 15.0 Å². The van der Waals surface area contributed by atoms with Crippen molar-refractivity contribution in [3.63, 3.8) is 0 Å². The van der Waals surface area contributed by atoms with Crippen molar-refractivity contribution in [2.45, 2.75) is 65.7 Å². The number of para-hydroxylation sites is 1. The van der Waals surface area contributed by atoms with Crippen LogP contribution in [0.15, 0.2) is 224 Å². The van der Waals surface area contributed by atoms with Gasteiger partial charge >= 0.3 is 0 Å². The molecule has 0 radical (unpaired) electrons. The molecule has 0 saturated carbocycles. The number of hydrogen-bond donors (Lipinski definition) is 1. The second-order valence-electron chi connectivity index (χ2n) is 17.0. The minimum absolute atomic E-state index is 0.522. The van der Waals surface area contributed by atoms with Crippen molar-refractivity contribution in [3.8, 4) is 28.7 Å². The molecule has 6 aromatic rings. The summed E-state index contributed by atoms with van der Waals surface area (Å²) in [5, 5.41) is 6.08. The van der Waals surface area contributed by atoms with E-state index < -0.39 is 0 Å². The van der Waals surface area contributed by atoms with Gasteiger partial charge in [-0.15, -0.1) is 0 Å². The number of allylic oxidation sites excluding steroid dienone is 22. The molecule has 5 heteroatoms. The van der Waals surface area contributed by atoms with Crippen molar-refractivity contribution in [3.05, 3.63) is 241 Å². The molecule has 0 atom stereocenters. The molecule has 0 aliphatic heterocycles. The summed E-state index contributed by atoms with van der Waals surface area (Å²) < 4.78 is 2.22. The zero-order valence-electron chi connectivity index (χ0n) is 39.7. The maximum absolute atomic E-state index is 5.44. The number of nitrogens with zero attached hydrogens (tertiary/aromatic N) is 4. The lowest BCUT2D eigenvalue weighted by molar-refractivity contribution is 0.953. The van der Waals surface area contributed by atoms with Crippen LogP contribution < -0.4 is 5.32 Å². The topological polar surface area (TPSA) is 55.6 Å². The van der Waals surface area contributed by atoms with Crippen LogP contribution >= 0.6 is 0 Å². The maximum atomic E-state index is 5.44. The van der Waals surface area contributed by atoms with Gasteiger partial charge in [0.2, 0.25) is 5.95 Å². The van der Waals surface area contributed by atoms with Crippen LogP contribution in [0.4, 0.5) is 5.69 Å². The smallest absolute Gasteiger partial charge is 0.238 e. The molecule has 0 amide bonds. The van der Waals surface area contributed by atoms with E-state index >= 15 is 0 Å². The number of fused-ring (bicyclic) bond motifs is 3. The lowest BCUT2D eigenvalue weighted by Gasteiger charge is -2.19. The highest BCUT2D eigenvalue weighted by Gasteiger charge is 2.23. The molecule has 2 aliphatic carbocycles. The molecule has 0 saturated heterocycles. The van der Waals surface area contributed by atoms with E-state index in [0.717, 1.165) is 123 Å². The fourth-order valence-electron chi connectivity index (χ4n) is 8.54. The van der Waals surface area contributed by atoms with Gasteiger partial charge in [0.15, 0.2) is 11.6 Å². The predicted molar refractivity (Wildman–Crippen MR) is 293 cm³/mol. The van der Waals surface area contributed by atoms with E-state index in [1.165, 1.54) is 5.57 Å². The molecule has 0 bridgehead atoms. The van der Waals surface area contributed by atoms with Gasteiger partial charge in [-0.3, -0.25) is 4.57 Å². The SMILES string of the molecule is C=C1/C=C\C=C/C/C=C(c2cccc(-c3nc(-c4cccc(/C=C/C=C(\C=C/C)CC/C=C\C)c4)nc(-n4c5ccccc5c5ccc(C(=C)/C=C\CCC)c(NC6=CCCC=C6)c54)n3)c2)\C=C/1. The molecular formula is C63H61N5. The molecule has 1 N–H and O–H groups in total. The molecule has 0 spiro atoms. The van der Waals surface area contributed by atoms with Crippen molar-refractivity contribution < 1.29 is 0 Å². The molecule has 2 aliphatic rings. The zero-order valence-corrected chi connectivity index (χ0v) is 39.7. The molecule has 0 unspecified atom stereocenters. The van der Waals surface area contributed by atoms with Crippen LogP contribution in [0.3, 0.4) is 0 Å². The van der Waals surface area contributed by atoms with Gasteiger partial charge in [-0.25, -0.2) is 4.98 Å². The van der Waals surface area contributed by atoms with E-state index in [1.54, 1.807) is 0 Å². The van der Waals surface area contributed by atoms with Crippen LogP contribution in [-0.4, -0.2) is 19.5 Å². The van der Waals surface area contributed by atoms with Gasteiger partial charge in [-0.05, 0) is 110 Å². The average molecular weight is 888 g/mol. The Bertz CT molecular complexity index is 3180. The second kappa shape index (κ2) is 23.0. The maximum Gasteiger partial charge on any atom is 0.238 e. The molecule has 4 aromatic carbocycles. The second-order valence-corrected chi connectivity index (χ2v) is 17.0. The molecule has 2 aromatic heterocycles. The highest BCUT2D eigenvalue weighted by molar-refractivity contribution is 6.15. The van der Waals surface area contributed by atoms with Crippen molar-refractivity contribution in [1.82, 2.24) is 19.5 Å². The quantitative estimate of drug-likeness (QED) is 0.0777. The number of aromatic nitrogens is 4. The zero-order chi connectivity index (χ0) is 47.1. The summed E-state index contributed by atoms with van der Waals surface area (Å²) in [6.07, 6.45) is 47.7. The molecule has 0 fully saturated rings. The standard InChI is InChI=1S/C63H61N5/c1-6-9-14-27-47(5)55-42-43-57-56-38-20-21-39-58(56)68(60(57)59(55)64-54-36-18-13-19-37-54)63-66-61(52-34-23-31-49(44-52)30-22-29-48(25-8-3)28-15-10-7-2)65-62(67-63)53-35-24-33-51(45-53)50-32-17-12-11-16-26-46(4)40-41-50/h7-8,10-12,14,16,18,20-27,29-45,64H,4-6,9,13,15,17,19,28H2,1-3H3/b10-7-,12-11-,25-8-,26-16-,27-14-,30-22+,41-40-,48-29+,50-32+. The lowest BCUT2D eigenvalue weighted by Crippen LogP contribution is -2.09. The predicted octanol–water partition coefficient (Wildman–Crippen LogP) is 17.2. The van der Waals surface area contributed by atoms with E-state index in [1.807, 2.05) is 12.2 Å². The molecule has 8 rings (SSSR count). The van der Waals surface area contributed by atoms with Gasteiger partial charge in [-0.2, -0.15) is 9.97 Å². The summed E-state index contributed by atoms with van der Waals surface area (Å²) in [5.41, 5.74) is 13.1. The first-order valence-corrected chi connectivity index (χ1v) is 24.0. The van der Waals surface area contributed by atoms with E-state index in [2.05, 4.69) is 232 Å². The van der Waals surface area contributed by atoms with Gasteiger partial charge < -0.3 is 5.32 Å². The number of hydrogen-bond acceptors (Lipinski definition) is 4. The monoisotopic (exact) mass is 887 g/mol. The number of unbranched alkanes of at least 4 members (excludes halogenated alkanes) is 1. The first kappa shape index (κ1) is 46.6. The summed E-state index contributed by atoms with van der Waals surface area (Å²) in [6, 6.07) is 29.9. The summed E-state index contributed by atoms with van der Waals surface area (Å²) in [4.78, 5) is 16.2. The lowest BCUT2D eigenvalue weighted by atomic mass is 10.00. The molecule has 68 heavy (non-hydrogen) atoms. The Balaban J connectivity index is 1.35. The van der Waals surface area contributed by atoms with Crippen molar-refractivity contribution in [2.24, 2.45) is 0 Å². The number of benzene rings is 4. The van der Waals surface area contributed by atoms with Crippen molar-refractivity contribution in [1.29, 1.82) is 0 Å². The van der Waals surface area contributed by atoms with Gasteiger partial charge in [0.1, 0.15) is 0 Å². The summed E-state index contributed by atoms with van der Waals surface area (Å²) in [5.74, 6) is 1.68. The van der Waals surface area contributed by atoms with E-state index in [-0.39, 0.29) is 0 Å². The number of nitrogens with one attached hydrogen (secondary N) is 1. The minimum Gasteiger partial charge on any atom is -0.354 e. The van der Waals surface area contributed by atoms with Gasteiger partial charge in [-0.1, -0.05) is 203 Å². The van der Waals surface area contributed by atoms with Crippen molar-refractivity contribution in [2.75, 3.05) is 5.32 Å². The average Bonchev–Trinajstić information content (AvgIpc) is 3.71. The third-order valence-electron chi connectivity index (χ3n) is 12.0. The third-order valence-corrected chi connectivity index (χ3v) is 12.0. The Hall–Kier alpha value is -7.89. The minimum atomic E-state index is 0.522. The van der Waals surface area contributed by atoms with Crippen LogP contribution in [0.1, 0.15) is 82.4 Å². The van der Waals surface area contributed by atoms with Gasteiger partial charge in [0.05, 0.1) is 16.7 Å². The Labute approximate surface area is 403 Å². The van der Waals surface area contributed by atoms with E-state index in [0.29, 0.717) is 17.6 Å². The van der Waals surface area contributed by atoms with Crippen LogP contribution in [0.25, 0.3) is 67.8 Å². The first-order valence-electron chi connectivity index (χ1n) is 24.0. The molecule has 338 valence electrons. The third kappa shape index (κ3) is 11.4. The first-order chi connectivity index (χ1) is 33.4. The van der Waals surface area contributed by atoms with Gasteiger partial charge in [0.25, 0.3) is 0 Å². The van der Waals surface area contributed by atoms with Crippen LogP contribution in [-0.2, 0) is 0 Å². The normalized spacial score (nSPS) is 16.8. The fraction of sp³-hybridized carbons (Fsp3) is 0.159. The Morgan fingerprint density at radius 1 is 0.735 bits per heavy atom. The number of anilines is 1. The van der Waals surface area contributed by atoms with Crippen LogP contribution in [0, 0.1) is 0 Å². The Morgan fingerprint density at radius 2 is 1.56 bits per heavy atom. The highest BCUT2D eigenvalue weighted by atomic mass is 15.2. The summed E-state index contributed by atoms with van der Waals surface area (Å²) in [6.45, 7) is 15.2. The van der Waals surface area contributed by atoms with Gasteiger partial charge in [0, 0.05) is 33.2 Å². The molecular weight excluding hydrogens is 827 g/mol. The summed E-state index contributed by atoms with van der Waals surface area (Å²) >= 11 is 0. The molecule has 5 nitrogen and oxygen atoms in total. The van der Waals surface area contributed by atoms with Crippen molar-refractivity contribution >= 4 is 44.7 Å². The van der Waals surface area contributed by atoms with E-state index in [9.17, 15) is 0 Å². The summed E-state index contributed by atoms with van der Waals surface area (Å²) in [7, 11) is 0. The molecule has 2 heterocycles. The fourth-order valence-corrected chi connectivity index (χ4v) is 8.54. The Kier molecular flexibility index (Phi) is 15.8. The largest absolute Gasteiger partial charge is 0.354 e. The van der Waals surface area contributed by atoms with Crippen LogP contribution in [0.5, 0.6) is 0 Å². The number of rotatable bonds is 16. The Morgan fingerprint density at radius 3 is 2.37 bits per heavy atom.